The van der Waals surface area contributed by atoms with Gasteiger partial charge in [-0.05, 0) is 71.8 Å². The van der Waals surface area contributed by atoms with Crippen LogP contribution in [0.4, 0.5) is 10.5 Å². The van der Waals surface area contributed by atoms with Gasteiger partial charge in [0, 0.05) is 5.69 Å². The van der Waals surface area contributed by atoms with Gasteiger partial charge in [-0.25, -0.2) is 0 Å². The molecule has 0 spiro atoms. The average Bonchev–Trinajstić information content (AvgIpc) is 3.07. The van der Waals surface area contributed by atoms with Gasteiger partial charge in [0.2, 0.25) is 5.91 Å². The topological polar surface area (TPSA) is 75.7 Å². The Morgan fingerprint density at radius 2 is 1.70 bits per heavy atom. The molecule has 0 aliphatic carbocycles. The molecule has 0 aromatic heterocycles. The van der Waals surface area contributed by atoms with Crippen LogP contribution in [-0.4, -0.2) is 28.5 Å². The first-order chi connectivity index (χ1) is 16.0. The standard InChI is InChI=1S/C26H22N2O4S/c1-2-18-11-13-20(14-12-18)27-24(29)17-28-25(30)23(33-26(28)31)16-19-7-6-10-22(15-19)32-21-8-4-3-5-9-21/h3-16H,2,17H2,1H3,(H,27,29)/b23-16+. The van der Waals surface area contributed by atoms with Gasteiger partial charge in [-0.15, -0.1) is 0 Å². The molecule has 0 atom stereocenters. The van der Waals surface area contributed by atoms with Crippen LogP contribution in [0.5, 0.6) is 11.5 Å². The van der Waals surface area contributed by atoms with Crippen molar-refractivity contribution in [1.29, 1.82) is 0 Å². The number of benzene rings is 3. The van der Waals surface area contributed by atoms with Crippen LogP contribution in [0.25, 0.3) is 6.08 Å². The van der Waals surface area contributed by atoms with E-state index in [1.807, 2.05) is 67.6 Å². The van der Waals surface area contributed by atoms with E-state index >= 15 is 0 Å². The number of ether oxygens (including phenoxy) is 1. The number of rotatable bonds is 7. The summed E-state index contributed by atoms with van der Waals surface area (Å²) in [5.74, 6) is 0.393. The molecular weight excluding hydrogens is 436 g/mol. The molecule has 1 aliphatic rings. The minimum atomic E-state index is -0.490. The van der Waals surface area contributed by atoms with Crippen LogP contribution in [0.2, 0.25) is 0 Å². The second-order valence-electron chi connectivity index (χ2n) is 7.35. The van der Waals surface area contributed by atoms with Crippen molar-refractivity contribution in [2.24, 2.45) is 0 Å². The Hall–Kier alpha value is -3.84. The molecule has 3 amide bonds. The fourth-order valence-corrected chi connectivity index (χ4v) is 4.09. The molecule has 1 heterocycles. The van der Waals surface area contributed by atoms with Gasteiger partial charge in [0.15, 0.2) is 0 Å². The van der Waals surface area contributed by atoms with Gasteiger partial charge in [-0.3, -0.25) is 19.3 Å². The predicted molar refractivity (Wildman–Crippen MR) is 130 cm³/mol. The Balaban J connectivity index is 1.42. The summed E-state index contributed by atoms with van der Waals surface area (Å²) in [7, 11) is 0. The first kappa shape index (κ1) is 22.4. The summed E-state index contributed by atoms with van der Waals surface area (Å²) < 4.78 is 5.83. The number of imide groups is 1. The zero-order valence-corrected chi connectivity index (χ0v) is 18.8. The van der Waals surface area contributed by atoms with Crippen LogP contribution in [0, 0.1) is 0 Å². The molecule has 6 nitrogen and oxygen atoms in total. The van der Waals surface area contributed by atoms with Crippen LogP contribution in [0.15, 0.2) is 83.8 Å². The van der Waals surface area contributed by atoms with E-state index in [2.05, 4.69) is 5.32 Å². The normalized spacial score (nSPS) is 14.6. The Morgan fingerprint density at radius 1 is 0.970 bits per heavy atom. The third-order valence-electron chi connectivity index (χ3n) is 4.96. The third-order valence-corrected chi connectivity index (χ3v) is 5.86. The van der Waals surface area contributed by atoms with Crippen LogP contribution in [-0.2, 0) is 16.0 Å². The molecular formula is C26H22N2O4S. The van der Waals surface area contributed by atoms with Gasteiger partial charge in [-0.1, -0.05) is 49.4 Å². The number of hydrogen-bond donors (Lipinski definition) is 1. The summed E-state index contributed by atoms with van der Waals surface area (Å²) in [5, 5.41) is 2.25. The van der Waals surface area contributed by atoms with E-state index in [0.717, 1.165) is 34.2 Å². The second kappa shape index (κ2) is 10.2. The Labute approximate surface area is 196 Å². The van der Waals surface area contributed by atoms with Crippen molar-refractivity contribution >= 4 is 40.6 Å². The van der Waals surface area contributed by atoms with Crippen LogP contribution < -0.4 is 10.1 Å². The summed E-state index contributed by atoms with van der Waals surface area (Å²) in [4.78, 5) is 38.8. The molecule has 3 aromatic carbocycles. The molecule has 7 heteroatoms. The molecule has 1 N–H and O–H groups in total. The van der Waals surface area contributed by atoms with Gasteiger partial charge in [-0.2, -0.15) is 0 Å². The maximum absolute atomic E-state index is 12.8. The number of nitrogens with zero attached hydrogens (tertiary/aromatic N) is 1. The zero-order valence-electron chi connectivity index (χ0n) is 18.0. The summed E-state index contributed by atoms with van der Waals surface area (Å²) in [5.41, 5.74) is 2.49. The highest BCUT2D eigenvalue weighted by Gasteiger charge is 2.36. The van der Waals surface area contributed by atoms with Gasteiger partial charge in [0.1, 0.15) is 18.0 Å². The maximum atomic E-state index is 12.8. The number of carbonyl (C=O) groups is 3. The van der Waals surface area contributed by atoms with Gasteiger partial charge in [0.25, 0.3) is 11.1 Å². The van der Waals surface area contributed by atoms with Gasteiger partial charge in [0.05, 0.1) is 4.91 Å². The smallest absolute Gasteiger partial charge is 0.294 e. The molecule has 1 fully saturated rings. The van der Waals surface area contributed by atoms with Crippen molar-refractivity contribution < 1.29 is 19.1 Å². The first-order valence-electron chi connectivity index (χ1n) is 10.5. The number of aryl methyl sites for hydroxylation is 1. The fourth-order valence-electron chi connectivity index (χ4n) is 3.25. The number of anilines is 1. The molecule has 4 rings (SSSR count). The number of carbonyl (C=O) groups excluding carboxylic acids is 3. The van der Waals surface area contributed by atoms with Crippen molar-refractivity contribution in [3.05, 3.63) is 94.9 Å². The molecule has 3 aromatic rings. The largest absolute Gasteiger partial charge is 0.457 e. The van der Waals surface area contributed by atoms with Crippen LogP contribution in [0.3, 0.4) is 0 Å². The molecule has 166 valence electrons. The van der Waals surface area contributed by atoms with Crippen LogP contribution >= 0.6 is 11.8 Å². The maximum Gasteiger partial charge on any atom is 0.294 e. The number of thioether (sulfide) groups is 1. The predicted octanol–water partition coefficient (Wildman–Crippen LogP) is 5.72. The SMILES string of the molecule is CCc1ccc(NC(=O)CN2C(=O)S/C(=C/c3cccc(Oc4ccccc4)c3)C2=O)cc1. The summed E-state index contributed by atoms with van der Waals surface area (Å²) in [6.45, 7) is 1.71. The zero-order chi connectivity index (χ0) is 23.2. The number of nitrogens with one attached hydrogen (secondary N) is 1. The molecule has 0 bridgehead atoms. The summed E-state index contributed by atoms with van der Waals surface area (Å²) in [6, 6.07) is 24.0. The molecule has 0 radical (unpaired) electrons. The van der Waals surface area contributed by atoms with Gasteiger partial charge >= 0.3 is 0 Å². The lowest BCUT2D eigenvalue weighted by Crippen LogP contribution is -2.36. The quantitative estimate of drug-likeness (QED) is 0.459. The highest BCUT2D eigenvalue weighted by Crippen LogP contribution is 2.33. The number of para-hydroxylation sites is 1. The van der Waals surface area contributed by atoms with Crippen molar-refractivity contribution in [2.45, 2.75) is 13.3 Å². The molecule has 0 saturated carbocycles. The molecule has 1 saturated heterocycles. The molecule has 33 heavy (non-hydrogen) atoms. The first-order valence-corrected chi connectivity index (χ1v) is 11.3. The average molecular weight is 459 g/mol. The Morgan fingerprint density at radius 3 is 2.42 bits per heavy atom. The van der Waals surface area contributed by atoms with Gasteiger partial charge < -0.3 is 10.1 Å². The van der Waals surface area contributed by atoms with Crippen LogP contribution in [0.1, 0.15) is 18.1 Å². The summed E-state index contributed by atoms with van der Waals surface area (Å²) in [6.07, 6.45) is 2.53. The molecule has 0 unspecified atom stereocenters. The lowest BCUT2D eigenvalue weighted by molar-refractivity contribution is -0.127. The second-order valence-corrected chi connectivity index (χ2v) is 8.35. The highest BCUT2D eigenvalue weighted by atomic mass is 32.2. The summed E-state index contributed by atoms with van der Waals surface area (Å²) >= 11 is 0.817. The van der Waals surface area contributed by atoms with Crippen molar-refractivity contribution in [3.63, 3.8) is 0 Å². The van der Waals surface area contributed by atoms with E-state index in [0.29, 0.717) is 17.2 Å². The number of amides is 3. The lowest BCUT2D eigenvalue weighted by atomic mass is 10.1. The third kappa shape index (κ3) is 5.70. The van der Waals surface area contributed by atoms with E-state index < -0.39 is 17.1 Å². The minimum Gasteiger partial charge on any atom is -0.457 e. The monoisotopic (exact) mass is 458 g/mol. The fraction of sp³-hybridized carbons (Fsp3) is 0.115. The van der Waals surface area contributed by atoms with Crippen molar-refractivity contribution in [3.8, 4) is 11.5 Å². The molecule has 1 aliphatic heterocycles. The number of hydrogen-bond acceptors (Lipinski definition) is 5. The minimum absolute atomic E-state index is 0.261. The van der Waals surface area contributed by atoms with Crippen molar-refractivity contribution in [2.75, 3.05) is 11.9 Å². The van der Waals surface area contributed by atoms with E-state index in [1.165, 1.54) is 0 Å². The van der Waals surface area contributed by atoms with E-state index in [4.69, 9.17) is 4.74 Å². The van der Waals surface area contributed by atoms with Crippen molar-refractivity contribution in [1.82, 2.24) is 4.90 Å². The lowest BCUT2D eigenvalue weighted by Gasteiger charge is -2.12. The highest BCUT2D eigenvalue weighted by molar-refractivity contribution is 8.18. The van der Waals surface area contributed by atoms with E-state index in [-0.39, 0.29) is 11.4 Å². The van der Waals surface area contributed by atoms with E-state index in [1.54, 1.807) is 24.3 Å². The Bertz CT molecular complexity index is 1210. The Kier molecular flexibility index (Phi) is 6.90. The van der Waals surface area contributed by atoms with E-state index in [9.17, 15) is 14.4 Å².